The maximum Gasteiger partial charge on any atom is 0.131 e. The molecule has 1 rings (SSSR count). The minimum absolute atomic E-state index is 0.357. The van der Waals surface area contributed by atoms with Crippen molar-refractivity contribution in [3.05, 3.63) is 17.7 Å². The van der Waals surface area contributed by atoms with Gasteiger partial charge in [0.15, 0.2) is 0 Å². The smallest absolute Gasteiger partial charge is 0.131 e. The summed E-state index contributed by atoms with van der Waals surface area (Å²) >= 11 is 0. The Morgan fingerprint density at radius 3 is 2.59 bits per heavy atom. The Balaban J connectivity index is 3.17. The van der Waals surface area contributed by atoms with Gasteiger partial charge in [0.1, 0.15) is 11.8 Å². The maximum atomic E-state index is 11.1. The van der Waals surface area contributed by atoms with Gasteiger partial charge in [0.25, 0.3) is 0 Å². The summed E-state index contributed by atoms with van der Waals surface area (Å²) in [7, 11) is 3.88. The highest BCUT2D eigenvalue weighted by Crippen LogP contribution is 2.20. The average Bonchev–Trinajstić information content (AvgIpc) is 2.68. The van der Waals surface area contributed by atoms with Crippen molar-refractivity contribution in [2.24, 2.45) is 0 Å². The lowest BCUT2D eigenvalue weighted by molar-refractivity contribution is 0.461. The van der Waals surface area contributed by atoms with E-state index < -0.39 is 0 Å². The van der Waals surface area contributed by atoms with E-state index in [0.29, 0.717) is 18.0 Å². The Hall–Kier alpha value is -1.38. The summed E-state index contributed by atoms with van der Waals surface area (Å²) < 4.78 is 2.09. The van der Waals surface area contributed by atoms with Crippen molar-refractivity contribution in [2.75, 3.05) is 20.6 Å². The van der Waals surface area contributed by atoms with Crippen LogP contribution in [0.3, 0.4) is 0 Å². The molecule has 0 aliphatic carbocycles. The largest absolute Gasteiger partial charge is 0.328 e. The summed E-state index contributed by atoms with van der Waals surface area (Å²) in [5.74, 6) is 3.42. The minimum atomic E-state index is 0.357. The van der Waals surface area contributed by atoms with E-state index in [0.717, 1.165) is 18.1 Å². The molecule has 4 heteroatoms. The van der Waals surface area contributed by atoms with E-state index in [2.05, 4.69) is 30.3 Å². The predicted molar refractivity (Wildman–Crippen MR) is 69.6 cm³/mol. The zero-order chi connectivity index (χ0) is 13.0. The zero-order valence-corrected chi connectivity index (χ0v) is 11.3. The van der Waals surface area contributed by atoms with Gasteiger partial charge in [-0.05, 0) is 21.0 Å². The van der Waals surface area contributed by atoms with E-state index in [1.807, 2.05) is 24.9 Å². The Morgan fingerprint density at radius 2 is 2.18 bits per heavy atom. The van der Waals surface area contributed by atoms with E-state index in [4.69, 9.17) is 0 Å². The number of aromatic nitrogens is 2. The second-order valence-electron chi connectivity index (χ2n) is 4.72. The van der Waals surface area contributed by atoms with Crippen molar-refractivity contribution in [1.29, 1.82) is 0 Å². The molecule has 94 valence electrons. The summed E-state index contributed by atoms with van der Waals surface area (Å²) in [6.45, 7) is 7.69. The summed E-state index contributed by atoms with van der Waals surface area (Å²) in [4.78, 5) is 17.4. The third-order valence-electron chi connectivity index (χ3n) is 2.63. The van der Waals surface area contributed by atoms with Crippen molar-refractivity contribution < 1.29 is 4.79 Å². The molecule has 0 aromatic carbocycles. The molecule has 0 N–H and O–H groups in total. The van der Waals surface area contributed by atoms with Crippen molar-refractivity contribution in [3.63, 3.8) is 0 Å². The zero-order valence-electron chi connectivity index (χ0n) is 11.3. The molecule has 17 heavy (non-hydrogen) atoms. The molecule has 0 aliphatic rings. The first-order valence-electron chi connectivity index (χ1n) is 5.95. The third-order valence-corrected chi connectivity index (χ3v) is 2.63. The molecule has 0 saturated carbocycles. The molecule has 0 atom stereocenters. The molecule has 1 heterocycles. The lowest BCUT2D eigenvalue weighted by Crippen LogP contribution is -2.17. The van der Waals surface area contributed by atoms with E-state index in [9.17, 15) is 4.79 Å². The second-order valence-corrected chi connectivity index (χ2v) is 4.72. The molecule has 1 aromatic rings. The van der Waals surface area contributed by atoms with Crippen molar-refractivity contribution >= 4 is 11.5 Å². The normalized spacial score (nSPS) is 11.0. The van der Waals surface area contributed by atoms with Crippen molar-refractivity contribution in [3.8, 4) is 0 Å². The number of hydrogen-bond donors (Lipinski definition) is 0. The lowest BCUT2D eigenvalue weighted by atomic mass is 10.2. The number of carbonyl (C=O) groups excluding carboxylic acids is 1. The van der Waals surface area contributed by atoms with Gasteiger partial charge in [0, 0.05) is 19.0 Å². The standard InChI is InChI=1S/C13H21N3O/c1-6-16-12(7-14-13(16)10(2)3)11(9-17)8-15(4)5/h7,10H,6,8H2,1-5H3. The number of likely N-dealkylation sites (N-methyl/N-ethyl adjacent to an activating group) is 1. The molecule has 1 aromatic heterocycles. The summed E-state index contributed by atoms with van der Waals surface area (Å²) in [6.07, 6.45) is 1.78. The molecule has 0 saturated heterocycles. The first-order chi connectivity index (χ1) is 8.01. The van der Waals surface area contributed by atoms with Gasteiger partial charge in [-0.2, -0.15) is 0 Å². The number of imidazole rings is 1. The van der Waals surface area contributed by atoms with E-state index in [1.165, 1.54) is 0 Å². The van der Waals surface area contributed by atoms with E-state index >= 15 is 0 Å². The van der Waals surface area contributed by atoms with Crippen LogP contribution in [0.2, 0.25) is 0 Å². The fourth-order valence-corrected chi connectivity index (χ4v) is 1.91. The summed E-state index contributed by atoms with van der Waals surface area (Å²) in [5.41, 5.74) is 1.55. The van der Waals surface area contributed by atoms with Gasteiger partial charge in [-0.3, -0.25) is 0 Å². The Kier molecular flexibility index (Phi) is 4.67. The van der Waals surface area contributed by atoms with Gasteiger partial charge in [0.2, 0.25) is 0 Å². The molecule has 0 radical (unpaired) electrons. The van der Waals surface area contributed by atoms with Crippen molar-refractivity contribution in [2.45, 2.75) is 33.2 Å². The summed E-state index contributed by atoms with van der Waals surface area (Å²) in [5, 5.41) is 0. The highest BCUT2D eigenvalue weighted by Gasteiger charge is 2.15. The van der Waals surface area contributed by atoms with Gasteiger partial charge >= 0.3 is 0 Å². The summed E-state index contributed by atoms with van der Waals surface area (Å²) in [6, 6.07) is 0. The van der Waals surface area contributed by atoms with Crippen LogP contribution in [0.5, 0.6) is 0 Å². The van der Waals surface area contributed by atoms with Gasteiger partial charge in [-0.25, -0.2) is 9.78 Å². The monoisotopic (exact) mass is 235 g/mol. The Morgan fingerprint density at radius 1 is 1.53 bits per heavy atom. The molecule has 0 aliphatic heterocycles. The molecule has 0 spiro atoms. The van der Waals surface area contributed by atoms with Crippen molar-refractivity contribution in [1.82, 2.24) is 14.5 Å². The topological polar surface area (TPSA) is 38.1 Å². The van der Waals surface area contributed by atoms with Crippen LogP contribution < -0.4 is 0 Å². The first-order valence-corrected chi connectivity index (χ1v) is 5.95. The molecule has 4 nitrogen and oxygen atoms in total. The van der Waals surface area contributed by atoms with Crippen LogP contribution in [0.1, 0.15) is 38.2 Å². The van der Waals surface area contributed by atoms with Crippen LogP contribution in [-0.2, 0) is 11.3 Å². The van der Waals surface area contributed by atoms with Crippen LogP contribution in [-0.4, -0.2) is 41.0 Å². The second kappa shape index (κ2) is 5.80. The van der Waals surface area contributed by atoms with Gasteiger partial charge < -0.3 is 9.47 Å². The SMILES string of the molecule is CCn1c(C(=C=O)CN(C)C)cnc1C(C)C. The third kappa shape index (κ3) is 3.05. The van der Waals surface area contributed by atoms with Crippen LogP contribution in [0.25, 0.3) is 5.57 Å². The Bertz CT molecular complexity index is 426. The lowest BCUT2D eigenvalue weighted by Gasteiger charge is -2.14. The fraction of sp³-hybridized carbons (Fsp3) is 0.615. The quantitative estimate of drug-likeness (QED) is 0.730. The van der Waals surface area contributed by atoms with Gasteiger partial charge in [0.05, 0.1) is 17.5 Å². The number of rotatable bonds is 5. The maximum absolute atomic E-state index is 11.1. The fourth-order valence-electron chi connectivity index (χ4n) is 1.91. The van der Waals surface area contributed by atoms with Crippen LogP contribution in [0.4, 0.5) is 0 Å². The van der Waals surface area contributed by atoms with Gasteiger partial charge in [-0.1, -0.05) is 13.8 Å². The minimum Gasteiger partial charge on any atom is -0.328 e. The molecule has 0 unspecified atom stereocenters. The molecule has 0 amide bonds. The predicted octanol–water partition coefficient (Wildman–Crippen LogP) is 1.80. The molecule has 0 fully saturated rings. The van der Waals surface area contributed by atoms with E-state index in [-0.39, 0.29) is 0 Å². The number of hydrogen-bond acceptors (Lipinski definition) is 3. The van der Waals surface area contributed by atoms with Gasteiger partial charge in [-0.15, -0.1) is 0 Å². The molecular formula is C13H21N3O. The van der Waals surface area contributed by atoms with Crippen LogP contribution >= 0.6 is 0 Å². The highest BCUT2D eigenvalue weighted by molar-refractivity contribution is 5.87. The Labute approximate surface area is 103 Å². The van der Waals surface area contributed by atoms with E-state index in [1.54, 1.807) is 6.20 Å². The van der Waals surface area contributed by atoms with Crippen LogP contribution in [0, 0.1) is 0 Å². The highest BCUT2D eigenvalue weighted by atomic mass is 16.1. The number of nitrogens with zero attached hydrogens (tertiary/aromatic N) is 3. The van der Waals surface area contributed by atoms with Crippen LogP contribution in [0.15, 0.2) is 6.20 Å². The molecular weight excluding hydrogens is 214 g/mol. The first kappa shape index (κ1) is 13.7. The molecule has 0 bridgehead atoms. The average molecular weight is 235 g/mol.